The Hall–Kier alpha value is -9.18. The Morgan fingerprint density at radius 1 is 0.343 bits per heavy atom. The Balaban J connectivity index is 0.998. The lowest BCUT2D eigenvalue weighted by molar-refractivity contribution is 0.670. The van der Waals surface area contributed by atoms with Gasteiger partial charge in [0.05, 0.1) is 22.5 Å². The van der Waals surface area contributed by atoms with E-state index in [-0.39, 0.29) is 0 Å². The van der Waals surface area contributed by atoms with E-state index >= 15 is 0 Å². The molecular formula is C67H42N2O. The van der Waals surface area contributed by atoms with Crippen LogP contribution in [0.5, 0.6) is 0 Å². The SMILES string of the molecule is c1ccc(N2c3ccccc3C3(c4ccccc4-c4c(N(c5ccc(-c6cccc7c6oc6ccccc67)cc5)c5ccc6c7ccccc7c7ccccc7c6c5)cccc43)c3ccccc32)cc1. The smallest absolute Gasteiger partial charge is 0.143 e. The van der Waals surface area contributed by atoms with Gasteiger partial charge in [0.15, 0.2) is 0 Å². The van der Waals surface area contributed by atoms with Crippen LogP contribution in [0.3, 0.4) is 0 Å². The second-order valence-electron chi connectivity index (χ2n) is 18.7. The van der Waals surface area contributed by atoms with Crippen molar-refractivity contribution < 1.29 is 4.42 Å². The summed E-state index contributed by atoms with van der Waals surface area (Å²) in [6, 6.07) is 93.8. The third-order valence-electron chi connectivity index (χ3n) is 15.2. The van der Waals surface area contributed by atoms with Crippen molar-refractivity contribution in [3.8, 4) is 22.3 Å². The first kappa shape index (κ1) is 38.9. The summed E-state index contributed by atoms with van der Waals surface area (Å²) in [5.74, 6) is 0. The molecule has 3 nitrogen and oxygen atoms in total. The number of para-hydroxylation sites is 5. The summed E-state index contributed by atoms with van der Waals surface area (Å²) in [5, 5.41) is 9.76. The Bertz CT molecular complexity index is 4180. The monoisotopic (exact) mass is 890 g/mol. The predicted octanol–water partition coefficient (Wildman–Crippen LogP) is 18.3. The third-order valence-corrected chi connectivity index (χ3v) is 15.2. The lowest BCUT2D eigenvalue weighted by Gasteiger charge is -2.45. The van der Waals surface area contributed by atoms with Crippen molar-refractivity contribution in [3.63, 3.8) is 0 Å². The molecule has 0 unspecified atom stereocenters. The summed E-state index contributed by atoms with van der Waals surface area (Å²) in [6.07, 6.45) is 0. The maximum atomic E-state index is 6.57. The van der Waals surface area contributed by atoms with Gasteiger partial charge in [0.25, 0.3) is 0 Å². The first-order valence-electron chi connectivity index (χ1n) is 24.2. The van der Waals surface area contributed by atoms with Crippen molar-refractivity contribution in [2.45, 2.75) is 5.41 Å². The minimum atomic E-state index is -0.598. The van der Waals surface area contributed by atoms with Gasteiger partial charge < -0.3 is 14.2 Å². The highest BCUT2D eigenvalue weighted by Crippen LogP contribution is 2.65. The molecule has 0 amide bonds. The van der Waals surface area contributed by atoms with E-state index in [9.17, 15) is 0 Å². The molecule has 0 saturated carbocycles. The summed E-state index contributed by atoms with van der Waals surface area (Å²) in [7, 11) is 0. The van der Waals surface area contributed by atoms with Gasteiger partial charge in [0.1, 0.15) is 11.2 Å². The highest BCUT2D eigenvalue weighted by Gasteiger charge is 2.52. The van der Waals surface area contributed by atoms with E-state index in [0.717, 1.165) is 55.8 Å². The van der Waals surface area contributed by atoms with Gasteiger partial charge in [-0.25, -0.2) is 0 Å². The topological polar surface area (TPSA) is 19.6 Å². The van der Waals surface area contributed by atoms with Crippen LogP contribution >= 0.6 is 0 Å². The summed E-state index contributed by atoms with van der Waals surface area (Å²) in [4.78, 5) is 4.95. The van der Waals surface area contributed by atoms with Crippen LogP contribution in [0.4, 0.5) is 34.1 Å². The molecule has 13 aromatic rings. The number of fused-ring (bicyclic) bond motifs is 18. The predicted molar refractivity (Wildman–Crippen MR) is 292 cm³/mol. The molecule has 1 aliphatic heterocycles. The zero-order chi connectivity index (χ0) is 45.9. The molecule has 0 saturated heterocycles. The molecule has 0 radical (unpaired) electrons. The minimum Gasteiger partial charge on any atom is -0.455 e. The number of furan rings is 1. The molecule has 0 N–H and O–H groups in total. The lowest BCUT2D eigenvalue weighted by atomic mass is 9.64. The Labute approximate surface area is 405 Å². The van der Waals surface area contributed by atoms with Gasteiger partial charge in [0, 0.05) is 39.0 Å². The molecule has 70 heavy (non-hydrogen) atoms. The molecule has 0 atom stereocenters. The largest absolute Gasteiger partial charge is 0.455 e. The van der Waals surface area contributed by atoms with Crippen LogP contribution in [-0.2, 0) is 5.41 Å². The maximum absolute atomic E-state index is 6.57. The van der Waals surface area contributed by atoms with E-state index in [0.29, 0.717) is 0 Å². The average Bonchev–Trinajstić information content (AvgIpc) is 3.96. The molecule has 1 aromatic heterocycles. The number of hydrogen-bond donors (Lipinski definition) is 0. The third kappa shape index (κ3) is 5.34. The molecule has 15 rings (SSSR count). The zero-order valence-electron chi connectivity index (χ0n) is 38.1. The van der Waals surface area contributed by atoms with Crippen LogP contribution in [0.15, 0.2) is 259 Å². The number of anilines is 6. The van der Waals surface area contributed by atoms with Crippen LogP contribution in [0, 0.1) is 0 Å². The summed E-state index contributed by atoms with van der Waals surface area (Å²) >= 11 is 0. The number of hydrogen-bond acceptors (Lipinski definition) is 3. The van der Waals surface area contributed by atoms with Gasteiger partial charge in [-0.2, -0.15) is 0 Å². The van der Waals surface area contributed by atoms with E-state index < -0.39 is 5.41 Å². The molecule has 12 aromatic carbocycles. The molecule has 2 heterocycles. The van der Waals surface area contributed by atoms with Crippen LogP contribution < -0.4 is 9.80 Å². The molecule has 0 bridgehead atoms. The van der Waals surface area contributed by atoms with Gasteiger partial charge >= 0.3 is 0 Å². The standard InChI is InChI=1S/C67H42N2O/c1-2-18-44(19-3-1)69-61-32-13-11-29-58(61)67(59-30-12-14-33-62(59)69)57-28-10-8-25-55(57)65-60(67)31-17-34-63(65)68(46-40-41-52-50-22-5-4-20-48(50)49-21-6-7-23-51(49)56(52)42-46)45-38-36-43(37-39-45)47-26-16-27-54-53-24-9-15-35-64(53)70-66(47)54/h1-42H. The fraction of sp³-hybridized carbons (Fsp3) is 0.0149. The quantitative estimate of drug-likeness (QED) is 0.161. The molecule has 0 fully saturated rings. The first-order chi connectivity index (χ1) is 34.8. The minimum absolute atomic E-state index is 0.598. The molecule has 1 aliphatic carbocycles. The summed E-state index contributed by atoms with van der Waals surface area (Å²) in [5.41, 5.74) is 17.7. The normalized spacial score (nSPS) is 13.2. The van der Waals surface area contributed by atoms with Gasteiger partial charge in [-0.05, 0) is 126 Å². The Morgan fingerprint density at radius 2 is 0.857 bits per heavy atom. The Kier molecular flexibility index (Phi) is 8.28. The van der Waals surface area contributed by atoms with Gasteiger partial charge in [-0.15, -0.1) is 0 Å². The van der Waals surface area contributed by atoms with E-state index in [4.69, 9.17) is 4.42 Å². The first-order valence-corrected chi connectivity index (χ1v) is 24.2. The summed E-state index contributed by atoms with van der Waals surface area (Å²) < 4.78 is 6.57. The number of benzene rings is 12. The van der Waals surface area contributed by atoms with Crippen molar-refractivity contribution in [1.82, 2.24) is 0 Å². The molecule has 3 heteroatoms. The van der Waals surface area contributed by atoms with Crippen molar-refractivity contribution >= 4 is 88.4 Å². The molecule has 1 spiro atoms. The second-order valence-corrected chi connectivity index (χ2v) is 18.7. The van der Waals surface area contributed by atoms with Crippen molar-refractivity contribution in [1.29, 1.82) is 0 Å². The van der Waals surface area contributed by atoms with Crippen LogP contribution in [0.1, 0.15) is 22.3 Å². The number of rotatable bonds is 5. The second kappa shape index (κ2) is 14.9. The summed E-state index contributed by atoms with van der Waals surface area (Å²) in [6.45, 7) is 0. The molecule has 326 valence electrons. The van der Waals surface area contributed by atoms with Gasteiger partial charge in [-0.1, -0.05) is 194 Å². The van der Waals surface area contributed by atoms with Crippen LogP contribution in [-0.4, -0.2) is 0 Å². The fourth-order valence-electron chi connectivity index (χ4n) is 12.4. The number of nitrogens with zero attached hydrogens (tertiary/aromatic N) is 2. The van der Waals surface area contributed by atoms with Crippen molar-refractivity contribution in [2.24, 2.45) is 0 Å². The highest BCUT2D eigenvalue weighted by molar-refractivity contribution is 6.26. The van der Waals surface area contributed by atoms with Gasteiger partial charge in [0.2, 0.25) is 0 Å². The highest BCUT2D eigenvalue weighted by atomic mass is 16.3. The molecular weight excluding hydrogens is 849 g/mol. The maximum Gasteiger partial charge on any atom is 0.143 e. The lowest BCUT2D eigenvalue weighted by Crippen LogP contribution is -2.36. The Morgan fingerprint density at radius 3 is 1.57 bits per heavy atom. The van der Waals surface area contributed by atoms with E-state index in [1.807, 2.05) is 6.07 Å². The van der Waals surface area contributed by atoms with Crippen molar-refractivity contribution in [3.05, 3.63) is 277 Å². The molecule has 2 aliphatic rings. The van der Waals surface area contributed by atoms with E-state index in [2.05, 4.69) is 259 Å². The van der Waals surface area contributed by atoms with Crippen LogP contribution in [0.25, 0.3) is 76.5 Å². The average molecular weight is 891 g/mol. The fourth-order valence-corrected chi connectivity index (χ4v) is 12.4. The van der Waals surface area contributed by atoms with Gasteiger partial charge in [-0.3, -0.25) is 0 Å². The van der Waals surface area contributed by atoms with E-state index in [1.54, 1.807) is 0 Å². The van der Waals surface area contributed by atoms with E-state index in [1.165, 1.54) is 77.1 Å². The zero-order valence-corrected chi connectivity index (χ0v) is 38.1. The van der Waals surface area contributed by atoms with Crippen molar-refractivity contribution in [2.75, 3.05) is 9.80 Å². The van der Waals surface area contributed by atoms with Crippen LogP contribution in [0.2, 0.25) is 0 Å².